The molecule has 0 radical (unpaired) electrons. The Kier molecular flexibility index (Phi) is 4.20. The lowest BCUT2D eigenvalue weighted by Crippen LogP contribution is -2.48. The quantitative estimate of drug-likeness (QED) is 0.710. The van der Waals surface area contributed by atoms with Crippen molar-refractivity contribution in [3.63, 3.8) is 0 Å². The zero-order valence-electron chi connectivity index (χ0n) is 13.6. The summed E-state index contributed by atoms with van der Waals surface area (Å²) in [5.74, 6) is 1.60. The van der Waals surface area contributed by atoms with Crippen LogP contribution in [0.3, 0.4) is 0 Å². The summed E-state index contributed by atoms with van der Waals surface area (Å²) in [7, 11) is 0. The zero-order chi connectivity index (χ0) is 17.1. The van der Waals surface area contributed by atoms with Crippen LogP contribution in [0.15, 0.2) is 53.3 Å². The maximum Gasteiger partial charge on any atom is 0.240 e. The number of nitrogens with zero attached hydrogens (tertiary/aromatic N) is 5. The van der Waals surface area contributed by atoms with Crippen molar-refractivity contribution in [2.75, 3.05) is 13.1 Å². The highest BCUT2D eigenvalue weighted by Crippen LogP contribution is 2.27. The van der Waals surface area contributed by atoms with Crippen LogP contribution >= 0.6 is 0 Å². The molecule has 25 heavy (non-hydrogen) atoms. The van der Waals surface area contributed by atoms with E-state index in [1.165, 1.54) is 5.56 Å². The lowest BCUT2D eigenvalue weighted by Gasteiger charge is -2.37. The van der Waals surface area contributed by atoms with Crippen LogP contribution in [0.1, 0.15) is 23.8 Å². The van der Waals surface area contributed by atoms with Crippen LogP contribution in [-0.4, -0.2) is 44.0 Å². The number of likely N-dealkylation sites (tertiary alicyclic amines) is 1. The van der Waals surface area contributed by atoms with E-state index in [4.69, 9.17) is 4.52 Å². The second-order valence-corrected chi connectivity index (χ2v) is 6.01. The van der Waals surface area contributed by atoms with Crippen LogP contribution in [-0.2, 0) is 11.2 Å². The molecule has 3 aromatic rings. The fourth-order valence-electron chi connectivity index (χ4n) is 2.80. The molecule has 0 unspecified atom stereocenters. The first kappa shape index (κ1) is 15.4. The number of carbonyl (C=O) groups excluding carboxylic acids is 1. The number of aryl methyl sites for hydroxylation is 1. The number of rotatable bonds is 5. The molecule has 0 spiro atoms. The SMILES string of the molecule is O=C(CCc1ccccc1)N1CC(c2nc(-c3ncccn3)no2)C1. The van der Waals surface area contributed by atoms with Crippen LogP contribution in [0.4, 0.5) is 0 Å². The van der Waals surface area contributed by atoms with E-state index in [0.717, 1.165) is 6.42 Å². The third kappa shape index (κ3) is 3.40. The molecule has 1 saturated heterocycles. The summed E-state index contributed by atoms with van der Waals surface area (Å²) in [6.07, 6.45) is 4.55. The van der Waals surface area contributed by atoms with Gasteiger partial charge < -0.3 is 9.42 Å². The number of benzene rings is 1. The van der Waals surface area contributed by atoms with Crippen LogP contribution < -0.4 is 0 Å². The molecule has 1 aromatic carbocycles. The summed E-state index contributed by atoms with van der Waals surface area (Å²) < 4.78 is 5.30. The van der Waals surface area contributed by atoms with Crippen molar-refractivity contribution in [1.82, 2.24) is 25.0 Å². The Bertz CT molecular complexity index is 844. The molecule has 3 heterocycles. The van der Waals surface area contributed by atoms with Crippen molar-refractivity contribution >= 4 is 5.91 Å². The van der Waals surface area contributed by atoms with Gasteiger partial charge in [0.25, 0.3) is 0 Å². The predicted molar refractivity (Wildman–Crippen MR) is 89.4 cm³/mol. The Morgan fingerprint density at radius 3 is 2.60 bits per heavy atom. The van der Waals surface area contributed by atoms with Gasteiger partial charge in [0.1, 0.15) is 0 Å². The van der Waals surface area contributed by atoms with E-state index in [1.807, 2.05) is 35.2 Å². The molecule has 126 valence electrons. The van der Waals surface area contributed by atoms with Crippen LogP contribution in [0.5, 0.6) is 0 Å². The van der Waals surface area contributed by atoms with E-state index in [1.54, 1.807) is 18.5 Å². The summed E-state index contributed by atoms with van der Waals surface area (Å²) in [5, 5.41) is 3.92. The number of hydrogen-bond donors (Lipinski definition) is 0. The number of hydrogen-bond acceptors (Lipinski definition) is 6. The number of carbonyl (C=O) groups is 1. The van der Waals surface area contributed by atoms with E-state index < -0.39 is 0 Å². The molecular weight excluding hydrogens is 318 g/mol. The lowest BCUT2D eigenvalue weighted by molar-refractivity contribution is -0.135. The monoisotopic (exact) mass is 335 g/mol. The maximum atomic E-state index is 12.2. The molecule has 0 N–H and O–H groups in total. The van der Waals surface area contributed by atoms with Crippen molar-refractivity contribution in [3.8, 4) is 11.6 Å². The Balaban J connectivity index is 1.30. The highest BCUT2D eigenvalue weighted by molar-refractivity contribution is 5.77. The van der Waals surface area contributed by atoms with Crippen molar-refractivity contribution in [1.29, 1.82) is 0 Å². The molecule has 0 saturated carbocycles. The first-order valence-corrected chi connectivity index (χ1v) is 8.22. The Morgan fingerprint density at radius 1 is 1.08 bits per heavy atom. The molecule has 7 nitrogen and oxygen atoms in total. The molecule has 4 rings (SSSR count). The summed E-state index contributed by atoms with van der Waals surface area (Å²) in [6.45, 7) is 1.23. The molecule has 2 aromatic heterocycles. The van der Waals surface area contributed by atoms with Gasteiger partial charge in [-0.2, -0.15) is 4.98 Å². The Morgan fingerprint density at radius 2 is 1.84 bits per heavy atom. The minimum atomic E-state index is 0.0886. The highest BCUT2D eigenvalue weighted by Gasteiger charge is 2.35. The summed E-state index contributed by atoms with van der Waals surface area (Å²) in [4.78, 5) is 26.6. The van der Waals surface area contributed by atoms with Gasteiger partial charge in [-0.3, -0.25) is 4.79 Å². The largest absolute Gasteiger partial charge is 0.341 e. The summed E-state index contributed by atoms with van der Waals surface area (Å²) in [5.41, 5.74) is 1.18. The normalized spacial score (nSPS) is 14.3. The molecule has 1 aliphatic rings. The van der Waals surface area contributed by atoms with E-state index in [9.17, 15) is 4.79 Å². The van der Waals surface area contributed by atoms with E-state index in [0.29, 0.717) is 37.0 Å². The van der Waals surface area contributed by atoms with Gasteiger partial charge in [-0.15, -0.1) is 0 Å². The van der Waals surface area contributed by atoms with Crippen molar-refractivity contribution in [2.45, 2.75) is 18.8 Å². The van der Waals surface area contributed by atoms with Gasteiger partial charge in [-0.25, -0.2) is 9.97 Å². The number of amides is 1. The van der Waals surface area contributed by atoms with E-state index in [-0.39, 0.29) is 11.8 Å². The third-order valence-electron chi connectivity index (χ3n) is 4.26. The molecular formula is C18H17N5O2. The van der Waals surface area contributed by atoms with Gasteiger partial charge >= 0.3 is 0 Å². The first-order valence-electron chi connectivity index (χ1n) is 8.22. The van der Waals surface area contributed by atoms with Crippen molar-refractivity contribution in [3.05, 3.63) is 60.2 Å². The first-order chi connectivity index (χ1) is 12.3. The minimum Gasteiger partial charge on any atom is -0.341 e. The van der Waals surface area contributed by atoms with Crippen molar-refractivity contribution in [2.24, 2.45) is 0 Å². The van der Waals surface area contributed by atoms with Gasteiger partial charge in [0.15, 0.2) is 0 Å². The van der Waals surface area contributed by atoms with Gasteiger partial charge in [-0.05, 0) is 18.1 Å². The van der Waals surface area contributed by atoms with Crippen LogP contribution in [0.2, 0.25) is 0 Å². The van der Waals surface area contributed by atoms with E-state index in [2.05, 4.69) is 20.1 Å². The average molecular weight is 335 g/mol. The molecule has 0 atom stereocenters. The van der Waals surface area contributed by atoms with Gasteiger partial charge in [0.2, 0.25) is 23.4 Å². The summed E-state index contributed by atoms with van der Waals surface area (Å²) >= 11 is 0. The number of aromatic nitrogens is 4. The maximum absolute atomic E-state index is 12.2. The molecule has 7 heteroatoms. The molecule has 1 fully saturated rings. The van der Waals surface area contributed by atoms with Gasteiger partial charge in [-0.1, -0.05) is 35.5 Å². The molecule has 0 aliphatic carbocycles. The smallest absolute Gasteiger partial charge is 0.240 e. The predicted octanol–water partition coefficient (Wildman–Crippen LogP) is 2.09. The standard InChI is InChI=1S/C18H17N5O2/c24-15(8-7-13-5-2-1-3-6-13)23-11-14(12-23)18-21-17(22-25-18)16-19-9-4-10-20-16/h1-6,9-10,14H,7-8,11-12H2. The second-order valence-electron chi connectivity index (χ2n) is 6.01. The zero-order valence-corrected chi connectivity index (χ0v) is 13.6. The van der Waals surface area contributed by atoms with E-state index >= 15 is 0 Å². The molecule has 1 aliphatic heterocycles. The van der Waals surface area contributed by atoms with Crippen molar-refractivity contribution < 1.29 is 9.32 Å². The van der Waals surface area contributed by atoms with Gasteiger partial charge in [0.05, 0.1) is 5.92 Å². The van der Waals surface area contributed by atoms with Crippen LogP contribution in [0, 0.1) is 0 Å². The fraction of sp³-hybridized carbons (Fsp3) is 0.278. The Labute approximate surface area is 144 Å². The second kappa shape index (κ2) is 6.80. The fourth-order valence-corrected chi connectivity index (χ4v) is 2.80. The lowest BCUT2D eigenvalue weighted by atomic mass is 9.99. The average Bonchev–Trinajstić information content (AvgIpc) is 3.10. The third-order valence-corrected chi connectivity index (χ3v) is 4.26. The topological polar surface area (TPSA) is 85.0 Å². The minimum absolute atomic E-state index is 0.0886. The van der Waals surface area contributed by atoms with Crippen LogP contribution in [0.25, 0.3) is 11.6 Å². The highest BCUT2D eigenvalue weighted by atomic mass is 16.5. The molecule has 1 amide bonds. The Hall–Kier alpha value is -3.09. The van der Waals surface area contributed by atoms with Gasteiger partial charge in [0, 0.05) is 31.9 Å². The molecule has 0 bridgehead atoms. The summed E-state index contributed by atoms with van der Waals surface area (Å²) in [6, 6.07) is 11.8.